The fraction of sp³-hybridized carbons (Fsp3) is 0.632. The molecule has 6 nitrogen and oxygen atoms in total. The van der Waals surface area contributed by atoms with Crippen molar-refractivity contribution in [3.8, 4) is 0 Å². The van der Waals surface area contributed by atoms with E-state index in [1.54, 1.807) is 11.3 Å². The molecular weight excluding hydrogens is 348 g/mol. The summed E-state index contributed by atoms with van der Waals surface area (Å²) in [7, 11) is 0. The van der Waals surface area contributed by atoms with Gasteiger partial charge in [-0.2, -0.15) is 4.98 Å². The molecule has 3 aliphatic rings. The number of likely N-dealkylation sites (tertiary alicyclic amines) is 2. The number of hydrogen-bond acceptors (Lipinski definition) is 6. The highest BCUT2D eigenvalue weighted by molar-refractivity contribution is 7.10. The number of rotatable bonds is 6. The van der Waals surface area contributed by atoms with Crippen LogP contribution in [0.4, 0.5) is 0 Å². The molecule has 2 saturated heterocycles. The number of nitrogens with zero attached hydrogens (tertiary/aromatic N) is 4. The van der Waals surface area contributed by atoms with Gasteiger partial charge in [0.05, 0.1) is 18.4 Å². The minimum absolute atomic E-state index is 0.193. The highest BCUT2D eigenvalue weighted by Gasteiger charge is 2.38. The normalized spacial score (nSPS) is 24.2. The van der Waals surface area contributed by atoms with Crippen LogP contribution in [0.5, 0.6) is 0 Å². The van der Waals surface area contributed by atoms with Crippen LogP contribution < -0.4 is 0 Å². The number of thiophene rings is 1. The van der Waals surface area contributed by atoms with Crippen LogP contribution >= 0.6 is 11.3 Å². The second-order valence-electron chi connectivity index (χ2n) is 7.84. The summed E-state index contributed by atoms with van der Waals surface area (Å²) >= 11 is 1.63. The summed E-state index contributed by atoms with van der Waals surface area (Å²) in [5.41, 5.74) is 0. The third kappa shape index (κ3) is 3.30. The van der Waals surface area contributed by atoms with Crippen molar-refractivity contribution in [1.82, 2.24) is 19.9 Å². The molecule has 2 aromatic rings. The molecule has 1 aliphatic carbocycles. The van der Waals surface area contributed by atoms with Crippen LogP contribution in [-0.4, -0.2) is 52.0 Å². The predicted molar refractivity (Wildman–Crippen MR) is 97.9 cm³/mol. The molecule has 1 saturated carbocycles. The molecule has 3 fully saturated rings. The number of aromatic nitrogens is 2. The molecular formula is C19H24N4O2S. The van der Waals surface area contributed by atoms with Crippen LogP contribution in [0.15, 0.2) is 22.0 Å². The molecule has 1 unspecified atom stereocenters. The lowest BCUT2D eigenvalue weighted by molar-refractivity contribution is -0.134. The molecule has 2 aromatic heterocycles. The van der Waals surface area contributed by atoms with Crippen molar-refractivity contribution in [3.05, 3.63) is 34.1 Å². The Morgan fingerprint density at radius 2 is 2.19 bits per heavy atom. The van der Waals surface area contributed by atoms with Crippen LogP contribution in [0.3, 0.4) is 0 Å². The summed E-state index contributed by atoms with van der Waals surface area (Å²) in [6, 6.07) is 4.30. The quantitative estimate of drug-likeness (QED) is 0.780. The van der Waals surface area contributed by atoms with Crippen molar-refractivity contribution in [2.45, 2.75) is 44.1 Å². The summed E-state index contributed by atoms with van der Waals surface area (Å²) in [6.07, 6.45) is 5.57. The monoisotopic (exact) mass is 372 g/mol. The number of carbonyl (C=O) groups is 1. The second kappa shape index (κ2) is 6.78. The van der Waals surface area contributed by atoms with Crippen molar-refractivity contribution >= 4 is 17.2 Å². The molecule has 138 valence electrons. The van der Waals surface area contributed by atoms with Gasteiger partial charge in [-0.15, -0.1) is 11.3 Å². The Hall–Kier alpha value is -1.73. The van der Waals surface area contributed by atoms with Crippen molar-refractivity contribution in [2.24, 2.45) is 5.92 Å². The van der Waals surface area contributed by atoms with Crippen molar-refractivity contribution in [2.75, 3.05) is 26.2 Å². The van der Waals surface area contributed by atoms with Gasteiger partial charge in [-0.1, -0.05) is 11.2 Å². The Bertz CT molecular complexity index is 764. The fourth-order valence-electron chi connectivity index (χ4n) is 4.02. The van der Waals surface area contributed by atoms with Crippen molar-refractivity contribution in [1.29, 1.82) is 0 Å². The Balaban J connectivity index is 1.17. The van der Waals surface area contributed by atoms with E-state index in [2.05, 4.69) is 10.1 Å². The maximum atomic E-state index is 12.3. The van der Waals surface area contributed by atoms with E-state index in [1.807, 2.05) is 22.4 Å². The number of hydrogen-bond donors (Lipinski definition) is 0. The van der Waals surface area contributed by atoms with E-state index in [9.17, 15) is 4.79 Å². The average molecular weight is 372 g/mol. The molecule has 0 N–H and O–H groups in total. The molecule has 0 aromatic carbocycles. The Labute approximate surface area is 157 Å². The number of amides is 1. The first kappa shape index (κ1) is 16.4. The van der Waals surface area contributed by atoms with E-state index in [-0.39, 0.29) is 11.8 Å². The molecule has 0 spiro atoms. The Kier molecular flexibility index (Phi) is 4.29. The summed E-state index contributed by atoms with van der Waals surface area (Å²) < 4.78 is 5.61. The summed E-state index contributed by atoms with van der Waals surface area (Å²) in [4.78, 5) is 22.5. The molecule has 2 aliphatic heterocycles. The zero-order chi connectivity index (χ0) is 17.5. The van der Waals surface area contributed by atoms with Gasteiger partial charge in [0, 0.05) is 24.5 Å². The standard InChI is InChI=1S/C19H24N4O2S/c24-17(9-15-3-2-8-26-15)23-11-14(12-23)18-20-19(25-21-18)16-4-1-7-22(16)10-13-5-6-13/h2-3,8,13-14,16H,1,4-7,9-12H2. The minimum Gasteiger partial charge on any atom is -0.341 e. The van der Waals surface area contributed by atoms with Gasteiger partial charge in [-0.3, -0.25) is 9.69 Å². The van der Waals surface area contributed by atoms with E-state index >= 15 is 0 Å². The first-order valence-corrected chi connectivity index (χ1v) is 10.5. The summed E-state index contributed by atoms with van der Waals surface area (Å²) in [5.74, 6) is 2.85. The fourth-order valence-corrected chi connectivity index (χ4v) is 4.72. The van der Waals surface area contributed by atoms with Crippen LogP contribution in [0.25, 0.3) is 0 Å². The van der Waals surface area contributed by atoms with Crippen molar-refractivity contribution < 1.29 is 9.32 Å². The highest BCUT2D eigenvalue weighted by atomic mass is 32.1. The van der Waals surface area contributed by atoms with Crippen molar-refractivity contribution in [3.63, 3.8) is 0 Å². The van der Waals surface area contributed by atoms with Gasteiger partial charge in [-0.05, 0) is 49.6 Å². The van der Waals surface area contributed by atoms with Gasteiger partial charge >= 0.3 is 0 Å². The van der Waals surface area contributed by atoms with Gasteiger partial charge in [0.25, 0.3) is 0 Å². The predicted octanol–water partition coefficient (Wildman–Crippen LogP) is 2.85. The third-order valence-corrected chi connectivity index (χ3v) is 6.68. The molecule has 0 bridgehead atoms. The third-order valence-electron chi connectivity index (χ3n) is 5.80. The first-order valence-electron chi connectivity index (χ1n) is 9.64. The van der Waals surface area contributed by atoms with E-state index in [0.29, 0.717) is 25.6 Å². The second-order valence-corrected chi connectivity index (χ2v) is 8.87. The Morgan fingerprint density at radius 1 is 1.31 bits per heavy atom. The molecule has 1 atom stereocenters. The van der Waals surface area contributed by atoms with Gasteiger partial charge in [0.2, 0.25) is 11.8 Å². The zero-order valence-corrected chi connectivity index (χ0v) is 15.7. The lowest BCUT2D eigenvalue weighted by Crippen LogP contribution is -2.49. The van der Waals surface area contributed by atoms with Gasteiger partial charge < -0.3 is 9.42 Å². The SMILES string of the molecule is O=C(Cc1cccs1)N1CC(c2noc(C3CCCN3CC3CC3)n2)C1. The molecule has 26 heavy (non-hydrogen) atoms. The van der Waals surface area contributed by atoms with Crippen LogP contribution in [-0.2, 0) is 11.2 Å². The van der Waals surface area contributed by atoms with E-state index in [0.717, 1.165) is 35.5 Å². The van der Waals surface area contributed by atoms with Crippen LogP contribution in [0.2, 0.25) is 0 Å². The molecule has 5 rings (SSSR count). The summed E-state index contributed by atoms with van der Waals surface area (Å²) in [5, 5.41) is 6.24. The lowest BCUT2D eigenvalue weighted by Gasteiger charge is -2.37. The van der Waals surface area contributed by atoms with Gasteiger partial charge in [0.1, 0.15) is 0 Å². The van der Waals surface area contributed by atoms with E-state index in [4.69, 9.17) is 9.51 Å². The molecule has 0 radical (unpaired) electrons. The maximum absolute atomic E-state index is 12.3. The highest BCUT2D eigenvalue weighted by Crippen LogP contribution is 2.37. The maximum Gasteiger partial charge on any atom is 0.244 e. The number of carbonyl (C=O) groups excluding carboxylic acids is 1. The minimum atomic E-state index is 0.193. The topological polar surface area (TPSA) is 62.5 Å². The zero-order valence-electron chi connectivity index (χ0n) is 14.8. The average Bonchev–Trinajstić information content (AvgIpc) is 2.99. The largest absolute Gasteiger partial charge is 0.341 e. The van der Waals surface area contributed by atoms with Gasteiger partial charge in [0.15, 0.2) is 5.82 Å². The van der Waals surface area contributed by atoms with E-state index in [1.165, 1.54) is 25.8 Å². The molecule has 7 heteroatoms. The van der Waals surface area contributed by atoms with Crippen LogP contribution in [0, 0.1) is 5.92 Å². The van der Waals surface area contributed by atoms with Crippen LogP contribution in [0.1, 0.15) is 54.2 Å². The summed E-state index contributed by atoms with van der Waals surface area (Å²) in [6.45, 7) is 3.74. The first-order chi connectivity index (χ1) is 12.8. The smallest absolute Gasteiger partial charge is 0.244 e. The molecule has 4 heterocycles. The lowest BCUT2D eigenvalue weighted by atomic mass is 9.99. The van der Waals surface area contributed by atoms with E-state index < -0.39 is 0 Å². The molecule has 1 amide bonds. The Morgan fingerprint density at radius 3 is 2.96 bits per heavy atom. The van der Waals surface area contributed by atoms with Gasteiger partial charge in [-0.25, -0.2) is 0 Å².